The van der Waals surface area contributed by atoms with Gasteiger partial charge in [0, 0.05) is 12.0 Å². The highest BCUT2D eigenvalue weighted by atomic mass is 16.3. The number of benzene rings is 1. The van der Waals surface area contributed by atoms with Crippen molar-refractivity contribution in [2.75, 3.05) is 0 Å². The molecular weight excluding hydrogens is 164 g/mol. The normalized spacial score (nSPS) is 10.9. The average molecular weight is 176 g/mol. The molecular formula is C10H12N2O. The van der Waals surface area contributed by atoms with Gasteiger partial charge in [-0.25, -0.2) is 4.98 Å². The van der Waals surface area contributed by atoms with Gasteiger partial charge < -0.3 is 10.1 Å². The van der Waals surface area contributed by atoms with Crippen molar-refractivity contribution in [3.8, 4) is 0 Å². The number of hydrogen-bond donors (Lipinski definition) is 2. The number of hydrogen-bond acceptors (Lipinski definition) is 2. The van der Waals surface area contributed by atoms with Crippen LogP contribution in [0.1, 0.15) is 18.3 Å². The minimum atomic E-state index is 0.0470. The van der Waals surface area contributed by atoms with Crippen molar-refractivity contribution >= 4 is 11.0 Å². The number of aromatic nitrogens is 2. The molecule has 0 aliphatic carbocycles. The third-order valence-electron chi connectivity index (χ3n) is 2.15. The molecule has 3 nitrogen and oxygen atoms in total. The van der Waals surface area contributed by atoms with Gasteiger partial charge >= 0.3 is 0 Å². The Morgan fingerprint density at radius 3 is 3.00 bits per heavy atom. The summed E-state index contributed by atoms with van der Waals surface area (Å²) in [6, 6.07) is 5.79. The zero-order valence-electron chi connectivity index (χ0n) is 7.54. The Kier molecular flexibility index (Phi) is 2.02. The Bertz CT molecular complexity index is 420. The highest BCUT2D eigenvalue weighted by molar-refractivity contribution is 5.78. The Hall–Kier alpha value is -1.35. The smallest absolute Gasteiger partial charge is 0.106 e. The highest BCUT2D eigenvalue weighted by Crippen LogP contribution is 2.16. The van der Waals surface area contributed by atoms with Gasteiger partial charge in [-0.15, -0.1) is 0 Å². The van der Waals surface area contributed by atoms with E-state index in [1.165, 1.54) is 0 Å². The van der Waals surface area contributed by atoms with Crippen LogP contribution in [0.25, 0.3) is 11.0 Å². The van der Waals surface area contributed by atoms with Crippen LogP contribution in [0.15, 0.2) is 18.2 Å². The molecule has 2 aromatic rings. The minimum Gasteiger partial charge on any atom is -0.392 e. The topological polar surface area (TPSA) is 48.9 Å². The summed E-state index contributed by atoms with van der Waals surface area (Å²) >= 11 is 0. The maximum Gasteiger partial charge on any atom is 0.106 e. The second-order valence-corrected chi connectivity index (χ2v) is 3.01. The molecule has 0 spiro atoms. The van der Waals surface area contributed by atoms with Crippen molar-refractivity contribution in [1.82, 2.24) is 9.97 Å². The lowest BCUT2D eigenvalue weighted by Crippen LogP contribution is -1.84. The Morgan fingerprint density at radius 2 is 2.31 bits per heavy atom. The van der Waals surface area contributed by atoms with E-state index >= 15 is 0 Å². The molecule has 0 amide bonds. The van der Waals surface area contributed by atoms with E-state index in [0.717, 1.165) is 28.8 Å². The summed E-state index contributed by atoms with van der Waals surface area (Å²) in [7, 11) is 0. The van der Waals surface area contributed by atoms with Gasteiger partial charge in [0.25, 0.3) is 0 Å². The first-order valence-corrected chi connectivity index (χ1v) is 4.42. The monoisotopic (exact) mass is 176 g/mol. The Balaban J connectivity index is 2.67. The van der Waals surface area contributed by atoms with Crippen LogP contribution < -0.4 is 0 Å². The fraction of sp³-hybridized carbons (Fsp3) is 0.300. The van der Waals surface area contributed by atoms with E-state index in [9.17, 15) is 0 Å². The van der Waals surface area contributed by atoms with Crippen LogP contribution in [-0.4, -0.2) is 15.1 Å². The SMILES string of the molecule is CCc1nc2c(CO)cccc2[nH]1. The molecule has 0 atom stereocenters. The molecule has 1 aromatic heterocycles. The zero-order valence-corrected chi connectivity index (χ0v) is 7.54. The molecule has 3 heteroatoms. The largest absolute Gasteiger partial charge is 0.392 e. The number of fused-ring (bicyclic) bond motifs is 1. The predicted octanol–water partition coefficient (Wildman–Crippen LogP) is 1.62. The lowest BCUT2D eigenvalue weighted by atomic mass is 10.2. The maximum absolute atomic E-state index is 9.06. The van der Waals surface area contributed by atoms with Gasteiger partial charge in [0.15, 0.2) is 0 Å². The fourth-order valence-electron chi connectivity index (χ4n) is 1.44. The van der Waals surface area contributed by atoms with E-state index in [0.29, 0.717) is 0 Å². The minimum absolute atomic E-state index is 0.0470. The van der Waals surface area contributed by atoms with Crippen LogP contribution in [0.5, 0.6) is 0 Å². The molecule has 1 aromatic carbocycles. The average Bonchev–Trinajstić information content (AvgIpc) is 2.59. The van der Waals surface area contributed by atoms with Gasteiger partial charge in [0.05, 0.1) is 17.6 Å². The van der Waals surface area contributed by atoms with E-state index in [2.05, 4.69) is 16.9 Å². The van der Waals surface area contributed by atoms with E-state index in [1.54, 1.807) is 0 Å². The summed E-state index contributed by atoms with van der Waals surface area (Å²) in [6.45, 7) is 2.10. The number of nitrogens with zero attached hydrogens (tertiary/aromatic N) is 1. The standard InChI is InChI=1S/C10H12N2O/c1-2-9-11-8-5-3-4-7(6-13)10(8)12-9/h3-5,13H,2,6H2,1H3,(H,11,12). The first-order valence-electron chi connectivity index (χ1n) is 4.42. The van der Waals surface area contributed by atoms with E-state index in [4.69, 9.17) is 5.11 Å². The van der Waals surface area contributed by atoms with Crippen LogP contribution in [-0.2, 0) is 13.0 Å². The number of aryl methyl sites for hydroxylation is 1. The van der Waals surface area contributed by atoms with Crippen molar-refractivity contribution in [3.05, 3.63) is 29.6 Å². The molecule has 0 unspecified atom stereocenters. The molecule has 13 heavy (non-hydrogen) atoms. The van der Waals surface area contributed by atoms with E-state index in [1.807, 2.05) is 18.2 Å². The summed E-state index contributed by atoms with van der Waals surface area (Å²) in [5, 5.41) is 9.06. The van der Waals surface area contributed by atoms with Crippen LogP contribution in [0, 0.1) is 0 Å². The molecule has 0 aliphatic heterocycles. The van der Waals surface area contributed by atoms with Gasteiger partial charge in [-0.1, -0.05) is 19.1 Å². The maximum atomic E-state index is 9.06. The molecule has 0 aliphatic rings. The second-order valence-electron chi connectivity index (χ2n) is 3.01. The van der Waals surface area contributed by atoms with Gasteiger partial charge in [0.1, 0.15) is 5.82 Å². The molecule has 0 bridgehead atoms. The number of H-pyrrole nitrogens is 1. The highest BCUT2D eigenvalue weighted by Gasteiger charge is 2.04. The Labute approximate surface area is 76.4 Å². The van der Waals surface area contributed by atoms with Crippen molar-refractivity contribution < 1.29 is 5.11 Å². The summed E-state index contributed by atoms with van der Waals surface area (Å²) < 4.78 is 0. The van der Waals surface area contributed by atoms with E-state index < -0.39 is 0 Å². The van der Waals surface area contributed by atoms with Crippen molar-refractivity contribution in [1.29, 1.82) is 0 Å². The van der Waals surface area contributed by atoms with Gasteiger partial charge in [-0.3, -0.25) is 0 Å². The molecule has 0 radical (unpaired) electrons. The number of aliphatic hydroxyl groups is 1. The molecule has 0 saturated carbocycles. The fourth-order valence-corrected chi connectivity index (χ4v) is 1.44. The van der Waals surface area contributed by atoms with Gasteiger partial charge in [-0.05, 0) is 6.07 Å². The van der Waals surface area contributed by atoms with E-state index in [-0.39, 0.29) is 6.61 Å². The summed E-state index contributed by atoms with van der Waals surface area (Å²) in [6.07, 6.45) is 0.888. The molecule has 0 fully saturated rings. The quantitative estimate of drug-likeness (QED) is 0.730. The summed E-state index contributed by atoms with van der Waals surface area (Å²) in [5.74, 6) is 0.968. The lowest BCUT2D eigenvalue weighted by molar-refractivity contribution is 0.283. The molecule has 68 valence electrons. The van der Waals surface area contributed by atoms with Crippen LogP contribution in [0.3, 0.4) is 0 Å². The van der Waals surface area contributed by atoms with Crippen molar-refractivity contribution in [2.45, 2.75) is 20.0 Å². The number of aliphatic hydroxyl groups excluding tert-OH is 1. The molecule has 1 heterocycles. The van der Waals surface area contributed by atoms with Crippen LogP contribution >= 0.6 is 0 Å². The summed E-state index contributed by atoms with van der Waals surface area (Å²) in [4.78, 5) is 7.58. The van der Waals surface area contributed by atoms with Crippen molar-refractivity contribution in [3.63, 3.8) is 0 Å². The number of imidazole rings is 1. The first kappa shape index (κ1) is 8.26. The number of para-hydroxylation sites is 1. The number of nitrogens with one attached hydrogen (secondary N) is 1. The Morgan fingerprint density at radius 1 is 1.46 bits per heavy atom. The van der Waals surface area contributed by atoms with Crippen molar-refractivity contribution in [2.24, 2.45) is 0 Å². The number of aromatic amines is 1. The lowest BCUT2D eigenvalue weighted by Gasteiger charge is -1.94. The first-order chi connectivity index (χ1) is 6.35. The summed E-state index contributed by atoms with van der Waals surface area (Å²) in [5.41, 5.74) is 2.78. The predicted molar refractivity (Wildman–Crippen MR) is 51.4 cm³/mol. The van der Waals surface area contributed by atoms with Crippen LogP contribution in [0.2, 0.25) is 0 Å². The molecule has 0 saturated heterocycles. The molecule has 2 N–H and O–H groups in total. The third-order valence-corrected chi connectivity index (χ3v) is 2.15. The molecule has 2 rings (SSSR count). The van der Waals surface area contributed by atoms with Gasteiger partial charge in [-0.2, -0.15) is 0 Å². The second kappa shape index (κ2) is 3.18. The zero-order chi connectivity index (χ0) is 9.26. The number of rotatable bonds is 2. The van der Waals surface area contributed by atoms with Crippen LogP contribution in [0.4, 0.5) is 0 Å². The van der Waals surface area contributed by atoms with Gasteiger partial charge in [0.2, 0.25) is 0 Å². The third kappa shape index (κ3) is 1.31.